The normalized spacial score (nSPS) is 13.7. The fourth-order valence-electron chi connectivity index (χ4n) is 4.23. The quantitative estimate of drug-likeness (QED) is 0.310. The van der Waals surface area contributed by atoms with Crippen molar-refractivity contribution in [2.45, 2.75) is 57.1 Å². The molecule has 1 aliphatic carbocycles. The zero-order chi connectivity index (χ0) is 25.9. The van der Waals surface area contributed by atoms with E-state index < -0.39 is 16.0 Å². The number of aromatic nitrogens is 1. The number of amides is 1. The van der Waals surface area contributed by atoms with Gasteiger partial charge in [0.25, 0.3) is 5.91 Å². The van der Waals surface area contributed by atoms with Gasteiger partial charge < -0.3 is 14.8 Å². The van der Waals surface area contributed by atoms with Crippen molar-refractivity contribution >= 4 is 33.0 Å². The van der Waals surface area contributed by atoms with Crippen molar-refractivity contribution < 1.29 is 27.5 Å². The van der Waals surface area contributed by atoms with Crippen LogP contribution < -0.4 is 10.0 Å². The maximum absolute atomic E-state index is 12.9. The zero-order valence-electron chi connectivity index (χ0n) is 20.5. The molecule has 3 N–H and O–H groups in total. The van der Waals surface area contributed by atoms with Gasteiger partial charge in [-0.2, -0.15) is 0 Å². The number of pyridine rings is 1. The second-order valence-corrected chi connectivity index (χ2v) is 11.1. The van der Waals surface area contributed by atoms with E-state index in [2.05, 4.69) is 15.0 Å². The van der Waals surface area contributed by atoms with E-state index >= 15 is 0 Å². The van der Waals surface area contributed by atoms with E-state index in [0.29, 0.717) is 41.7 Å². The molecule has 1 aliphatic rings. The molecule has 1 saturated carbocycles. The number of aliphatic carboxylic acids is 1. The van der Waals surface area contributed by atoms with Crippen LogP contribution in [0.3, 0.4) is 0 Å². The number of benzene rings is 1. The van der Waals surface area contributed by atoms with Gasteiger partial charge in [0.2, 0.25) is 15.7 Å². The summed E-state index contributed by atoms with van der Waals surface area (Å²) in [6.45, 7) is 2.21. The van der Waals surface area contributed by atoms with Gasteiger partial charge in [0, 0.05) is 25.6 Å². The number of hydrogen-bond donors (Lipinski definition) is 3. The topological polar surface area (TPSA) is 139 Å². The molecule has 0 unspecified atom stereocenters. The fraction of sp³-hybridized carbons (Fsp3) is 0.423. The molecule has 4 rings (SSSR count). The lowest BCUT2D eigenvalue weighted by atomic mass is 10.0. The van der Waals surface area contributed by atoms with Crippen LogP contribution in [-0.2, 0) is 20.6 Å². The van der Waals surface area contributed by atoms with Crippen molar-refractivity contribution in [1.29, 1.82) is 0 Å². The predicted molar refractivity (Wildman–Crippen MR) is 136 cm³/mol. The second kappa shape index (κ2) is 10.8. The Hall–Kier alpha value is -3.24. The first-order chi connectivity index (χ1) is 17.2. The van der Waals surface area contributed by atoms with Crippen molar-refractivity contribution in [3.05, 3.63) is 52.7 Å². The molecule has 1 aromatic carbocycles. The second-order valence-electron chi connectivity index (χ2n) is 9.26. The summed E-state index contributed by atoms with van der Waals surface area (Å²) in [5.74, 6) is -0.832. The Balaban J connectivity index is 1.63. The molecule has 0 radical (unpaired) electrons. The third kappa shape index (κ3) is 6.11. The summed E-state index contributed by atoms with van der Waals surface area (Å²) in [7, 11) is -2.11. The highest BCUT2D eigenvalue weighted by Crippen LogP contribution is 2.44. The van der Waals surface area contributed by atoms with Crippen LogP contribution in [0.1, 0.15) is 71.6 Å². The Labute approximate surface area is 210 Å². The zero-order valence-corrected chi connectivity index (χ0v) is 21.3. The molecule has 2 aromatic heterocycles. The van der Waals surface area contributed by atoms with Crippen LogP contribution in [0.5, 0.6) is 0 Å². The smallest absolute Gasteiger partial charge is 0.303 e. The molecule has 3 aromatic rings. The fourth-order valence-corrected chi connectivity index (χ4v) is 5.38. The van der Waals surface area contributed by atoms with Crippen LogP contribution >= 0.6 is 0 Å². The number of rotatable bonds is 12. The highest BCUT2D eigenvalue weighted by atomic mass is 32.2. The van der Waals surface area contributed by atoms with Gasteiger partial charge in [-0.05, 0) is 50.2 Å². The molecule has 0 saturated heterocycles. The van der Waals surface area contributed by atoms with Crippen LogP contribution in [0.4, 0.5) is 0 Å². The molecule has 9 nitrogen and oxygen atoms in total. The number of aryl methyl sites for hydroxylation is 1. The number of unbranched alkanes of at least 4 members (excludes halogenated alkanes) is 2. The maximum atomic E-state index is 12.9. The average molecular weight is 514 g/mol. The molecule has 1 amide bonds. The molecule has 0 aliphatic heterocycles. The molecule has 0 spiro atoms. The summed E-state index contributed by atoms with van der Waals surface area (Å²) >= 11 is 0. The van der Waals surface area contributed by atoms with E-state index in [0.717, 1.165) is 29.5 Å². The van der Waals surface area contributed by atoms with Crippen molar-refractivity contribution in [2.24, 2.45) is 0 Å². The lowest BCUT2D eigenvalue weighted by molar-refractivity contribution is -0.137. The third-order valence-electron chi connectivity index (χ3n) is 6.30. The molecule has 192 valence electrons. The Kier molecular flexibility index (Phi) is 7.75. The van der Waals surface area contributed by atoms with Gasteiger partial charge in [0.1, 0.15) is 11.5 Å². The molecule has 0 bridgehead atoms. The molecular weight excluding hydrogens is 482 g/mol. The monoisotopic (exact) mass is 513 g/mol. The number of nitrogens with zero attached hydrogens (tertiary/aromatic N) is 1. The van der Waals surface area contributed by atoms with Crippen LogP contribution in [-0.4, -0.2) is 44.0 Å². The lowest BCUT2D eigenvalue weighted by Crippen LogP contribution is -2.27. The van der Waals surface area contributed by atoms with Crippen molar-refractivity contribution in [2.75, 3.05) is 13.6 Å². The van der Waals surface area contributed by atoms with Gasteiger partial charge >= 0.3 is 5.97 Å². The van der Waals surface area contributed by atoms with E-state index in [1.807, 2.05) is 37.3 Å². The van der Waals surface area contributed by atoms with Crippen molar-refractivity contribution in [3.8, 4) is 11.3 Å². The Morgan fingerprint density at radius 3 is 2.50 bits per heavy atom. The van der Waals surface area contributed by atoms with Gasteiger partial charge in [-0.3, -0.25) is 9.59 Å². The van der Waals surface area contributed by atoms with E-state index in [1.165, 1.54) is 0 Å². The Bertz CT molecular complexity index is 1370. The number of nitrogens with one attached hydrogen (secondary N) is 2. The Morgan fingerprint density at radius 2 is 1.86 bits per heavy atom. The van der Waals surface area contributed by atoms with Gasteiger partial charge in [-0.15, -0.1) is 0 Å². The van der Waals surface area contributed by atoms with Crippen LogP contribution in [0.2, 0.25) is 0 Å². The molecule has 2 heterocycles. The molecule has 10 heteroatoms. The largest absolute Gasteiger partial charge is 0.481 e. The summed E-state index contributed by atoms with van der Waals surface area (Å²) in [5.41, 5.74) is 3.69. The molecule has 1 fully saturated rings. The summed E-state index contributed by atoms with van der Waals surface area (Å²) in [6.07, 6.45) is 3.65. The summed E-state index contributed by atoms with van der Waals surface area (Å²) in [6, 6.07) is 9.50. The van der Waals surface area contributed by atoms with Gasteiger partial charge in [-0.25, -0.2) is 18.1 Å². The summed E-state index contributed by atoms with van der Waals surface area (Å²) in [5, 5.41) is 12.0. The third-order valence-corrected chi connectivity index (χ3v) is 7.59. The van der Waals surface area contributed by atoms with Gasteiger partial charge in [0.05, 0.1) is 16.6 Å². The van der Waals surface area contributed by atoms with Crippen LogP contribution in [0.15, 0.2) is 34.7 Å². The number of fused-ring (bicyclic) bond motifs is 1. The minimum absolute atomic E-state index is 0.0766. The number of furan rings is 1. The molecular formula is C26H31N3O6S. The SMILES string of the molecule is CNC(=O)c1c(-c2ccc(C)cc2)oc2nc(CS(=O)(=O)NCCCCCC(=O)O)c(C3CC3)cc12. The summed E-state index contributed by atoms with van der Waals surface area (Å²) in [4.78, 5) is 28.1. The van der Waals surface area contributed by atoms with E-state index in [9.17, 15) is 18.0 Å². The first kappa shape index (κ1) is 25.8. The predicted octanol–water partition coefficient (Wildman–Crippen LogP) is 4.10. The highest BCUT2D eigenvalue weighted by molar-refractivity contribution is 7.88. The van der Waals surface area contributed by atoms with E-state index in [4.69, 9.17) is 9.52 Å². The van der Waals surface area contributed by atoms with Crippen molar-refractivity contribution in [3.63, 3.8) is 0 Å². The minimum Gasteiger partial charge on any atom is -0.481 e. The lowest BCUT2D eigenvalue weighted by Gasteiger charge is -2.10. The number of carbonyl (C=O) groups is 2. The number of carboxylic acid groups (broad SMARTS) is 1. The average Bonchev–Trinajstić information content (AvgIpc) is 3.61. The van der Waals surface area contributed by atoms with Crippen LogP contribution in [0, 0.1) is 6.92 Å². The minimum atomic E-state index is -3.67. The molecule has 0 atom stereocenters. The first-order valence-electron chi connectivity index (χ1n) is 12.1. The van der Waals surface area contributed by atoms with Gasteiger partial charge in [0.15, 0.2) is 0 Å². The van der Waals surface area contributed by atoms with Crippen LogP contribution in [0.25, 0.3) is 22.4 Å². The Morgan fingerprint density at radius 1 is 1.14 bits per heavy atom. The van der Waals surface area contributed by atoms with E-state index in [1.54, 1.807) is 7.05 Å². The number of carbonyl (C=O) groups excluding carboxylic acids is 1. The molecule has 36 heavy (non-hydrogen) atoms. The highest BCUT2D eigenvalue weighted by Gasteiger charge is 2.31. The maximum Gasteiger partial charge on any atom is 0.303 e. The standard InChI is InChI=1S/C26H31N3O6S/c1-16-7-9-18(10-8-16)24-23(25(32)27-2)20-14-19(17-11-12-17)21(29-26(20)35-24)15-36(33,34)28-13-5-3-4-6-22(30)31/h7-10,14,17,28H,3-6,11-13,15H2,1-2H3,(H,27,32)(H,30,31). The number of hydrogen-bond acceptors (Lipinski definition) is 6. The first-order valence-corrected chi connectivity index (χ1v) is 13.8. The van der Waals surface area contributed by atoms with Crippen molar-refractivity contribution in [1.82, 2.24) is 15.0 Å². The van der Waals surface area contributed by atoms with E-state index in [-0.39, 0.29) is 36.3 Å². The number of carboxylic acids is 1. The summed E-state index contributed by atoms with van der Waals surface area (Å²) < 4.78 is 34.3. The van der Waals surface area contributed by atoms with Gasteiger partial charge in [-0.1, -0.05) is 36.2 Å². The number of sulfonamides is 1.